The topological polar surface area (TPSA) is 109 Å². The maximum Gasteiger partial charge on any atom is 0.272 e. The molecule has 5 aromatic rings. The van der Waals surface area contributed by atoms with Crippen molar-refractivity contribution in [3.63, 3.8) is 0 Å². The summed E-state index contributed by atoms with van der Waals surface area (Å²) in [6.45, 7) is 4.28. The van der Waals surface area contributed by atoms with Crippen molar-refractivity contribution in [2.75, 3.05) is 17.2 Å². The Morgan fingerprint density at radius 1 is 0.957 bits per heavy atom. The molecule has 0 aliphatic carbocycles. The number of carbonyl (C=O) groups excluding carboxylic acids is 3. The molecule has 4 aromatic carbocycles. The molecule has 0 aliphatic rings. The fourth-order valence-corrected chi connectivity index (χ4v) is 6.44. The molecule has 0 radical (unpaired) electrons. The van der Waals surface area contributed by atoms with Gasteiger partial charge in [0, 0.05) is 16.1 Å². The molecule has 12 heteroatoms. The van der Waals surface area contributed by atoms with Crippen LogP contribution in [0, 0.1) is 0 Å². The fraction of sp³-hybridized carbons (Fsp3) is 0.118. The highest BCUT2D eigenvalue weighted by Crippen LogP contribution is 2.32. The first-order valence-electron chi connectivity index (χ1n) is 14.1. The Bertz CT molecular complexity index is 1930. The first-order valence-corrected chi connectivity index (χ1v) is 16.6. The molecule has 5 rings (SSSR count). The van der Waals surface area contributed by atoms with Crippen molar-refractivity contribution >= 4 is 91.1 Å². The normalized spacial score (nSPS) is 12.0. The van der Waals surface area contributed by atoms with E-state index in [4.69, 9.17) is 27.9 Å². The van der Waals surface area contributed by atoms with Gasteiger partial charge >= 0.3 is 0 Å². The van der Waals surface area contributed by atoms with Crippen molar-refractivity contribution in [1.29, 1.82) is 0 Å². The molecular weight excluding hydrogens is 663 g/mol. The highest BCUT2D eigenvalue weighted by Gasteiger charge is 2.19. The zero-order chi connectivity index (χ0) is 32.6. The number of rotatable bonds is 11. The third-order valence-corrected chi connectivity index (χ3v) is 9.35. The van der Waals surface area contributed by atoms with Crippen LogP contribution in [0.3, 0.4) is 0 Å². The molecule has 1 heterocycles. The summed E-state index contributed by atoms with van der Waals surface area (Å²) in [4.78, 5) is 44.8. The van der Waals surface area contributed by atoms with Crippen molar-refractivity contribution in [3.05, 3.63) is 118 Å². The third-order valence-electron chi connectivity index (χ3n) is 6.49. The lowest BCUT2D eigenvalue weighted by atomic mass is 10.1. The second kappa shape index (κ2) is 15.3. The molecule has 0 spiro atoms. The number of thioether (sulfide) groups is 1. The lowest BCUT2D eigenvalue weighted by Crippen LogP contribution is -2.30. The quantitative estimate of drug-likeness (QED) is 0.0947. The van der Waals surface area contributed by atoms with Crippen LogP contribution >= 0.6 is 46.3 Å². The van der Waals surface area contributed by atoms with Crippen LogP contribution in [-0.2, 0) is 9.59 Å². The van der Waals surface area contributed by atoms with Gasteiger partial charge in [-0.05, 0) is 80.1 Å². The van der Waals surface area contributed by atoms with Gasteiger partial charge in [0.05, 0.1) is 32.1 Å². The fourth-order valence-electron chi connectivity index (χ4n) is 4.25. The lowest BCUT2D eigenvalue weighted by Gasteiger charge is -2.14. The van der Waals surface area contributed by atoms with Crippen LogP contribution in [0.15, 0.2) is 102 Å². The van der Waals surface area contributed by atoms with Crippen molar-refractivity contribution in [2.24, 2.45) is 0 Å². The summed E-state index contributed by atoms with van der Waals surface area (Å²) in [6, 6.07) is 26.3. The number of fused-ring (bicyclic) bond motifs is 1. The van der Waals surface area contributed by atoms with Crippen LogP contribution in [0.5, 0.6) is 5.75 Å². The number of hydrogen-bond donors (Lipinski definition) is 3. The molecular formula is C34H28Cl2N4O4S2. The van der Waals surface area contributed by atoms with E-state index < -0.39 is 17.1 Å². The summed E-state index contributed by atoms with van der Waals surface area (Å²) in [5, 5.41) is 9.01. The molecule has 0 fully saturated rings. The maximum atomic E-state index is 13.5. The van der Waals surface area contributed by atoms with E-state index in [1.165, 1.54) is 29.2 Å². The van der Waals surface area contributed by atoms with Gasteiger partial charge in [0.15, 0.2) is 5.13 Å². The monoisotopic (exact) mass is 690 g/mol. The third kappa shape index (κ3) is 8.46. The van der Waals surface area contributed by atoms with Gasteiger partial charge in [-0.2, -0.15) is 0 Å². The Morgan fingerprint density at radius 3 is 2.52 bits per heavy atom. The van der Waals surface area contributed by atoms with Crippen LogP contribution < -0.4 is 20.7 Å². The predicted molar refractivity (Wildman–Crippen MR) is 188 cm³/mol. The van der Waals surface area contributed by atoms with Crippen LogP contribution in [-0.4, -0.2) is 34.6 Å². The van der Waals surface area contributed by atoms with Gasteiger partial charge in [0.1, 0.15) is 11.4 Å². The molecule has 1 unspecified atom stereocenters. The number of aromatic nitrogens is 1. The number of hydrogen-bond acceptors (Lipinski definition) is 7. The largest absolute Gasteiger partial charge is 0.494 e. The highest BCUT2D eigenvalue weighted by molar-refractivity contribution is 8.00. The highest BCUT2D eigenvalue weighted by atomic mass is 35.5. The summed E-state index contributed by atoms with van der Waals surface area (Å²) in [5.74, 6) is -0.499. The van der Waals surface area contributed by atoms with Crippen LogP contribution in [0.25, 0.3) is 16.3 Å². The minimum Gasteiger partial charge on any atom is -0.494 e. The standard InChI is InChI=1S/C34H28Cl2N4O4S2/c1-3-44-24-15-16-27-29(19-24)46-34(39-27)40-31(41)20(2)45-25-13-8-12-23(18-25)37-33(43)28(17-22-11-7-14-26(35)30(22)36)38-32(42)21-9-5-4-6-10-21/h4-20H,3H2,1-2H3,(H,37,43)(H,38,42)(H,39,40,41)/b28-17+. The van der Waals surface area contributed by atoms with Crippen molar-refractivity contribution in [3.8, 4) is 5.75 Å². The number of thiazole rings is 1. The van der Waals surface area contributed by atoms with E-state index in [1.807, 2.05) is 31.2 Å². The maximum absolute atomic E-state index is 13.5. The van der Waals surface area contributed by atoms with E-state index in [0.717, 1.165) is 20.9 Å². The summed E-state index contributed by atoms with van der Waals surface area (Å²) in [6.07, 6.45) is 1.47. The van der Waals surface area contributed by atoms with Crippen molar-refractivity contribution in [2.45, 2.75) is 24.0 Å². The second-order valence-corrected chi connectivity index (χ2v) is 13.1. The number of anilines is 2. The minimum atomic E-state index is -0.573. The van der Waals surface area contributed by atoms with E-state index in [9.17, 15) is 14.4 Å². The zero-order valence-corrected chi connectivity index (χ0v) is 27.8. The predicted octanol–water partition coefficient (Wildman–Crippen LogP) is 8.53. The van der Waals surface area contributed by atoms with Gasteiger partial charge in [-0.1, -0.05) is 70.9 Å². The molecule has 234 valence electrons. The van der Waals surface area contributed by atoms with E-state index in [0.29, 0.717) is 33.6 Å². The smallest absolute Gasteiger partial charge is 0.272 e. The van der Waals surface area contributed by atoms with Gasteiger partial charge < -0.3 is 20.7 Å². The average molecular weight is 692 g/mol. The zero-order valence-electron chi connectivity index (χ0n) is 24.7. The van der Waals surface area contributed by atoms with Gasteiger partial charge in [-0.15, -0.1) is 11.8 Å². The van der Waals surface area contributed by atoms with E-state index in [2.05, 4.69) is 20.9 Å². The number of nitrogens with zero attached hydrogens (tertiary/aromatic N) is 1. The molecule has 0 aliphatic heterocycles. The van der Waals surface area contributed by atoms with E-state index in [1.54, 1.807) is 73.7 Å². The number of ether oxygens (including phenoxy) is 1. The molecule has 3 amide bonds. The minimum absolute atomic E-state index is 0.0342. The number of amides is 3. The van der Waals surface area contributed by atoms with Gasteiger partial charge in [-0.3, -0.25) is 14.4 Å². The molecule has 1 aromatic heterocycles. The van der Waals surface area contributed by atoms with E-state index in [-0.39, 0.29) is 16.6 Å². The summed E-state index contributed by atoms with van der Waals surface area (Å²) in [5.41, 5.74) is 2.05. The Balaban J connectivity index is 1.28. The average Bonchev–Trinajstić information content (AvgIpc) is 3.45. The second-order valence-electron chi connectivity index (χ2n) is 9.83. The van der Waals surface area contributed by atoms with Gasteiger partial charge in [-0.25, -0.2) is 4.98 Å². The molecule has 0 saturated carbocycles. The Morgan fingerprint density at radius 2 is 1.74 bits per heavy atom. The van der Waals surface area contributed by atoms with Crippen LogP contribution in [0.1, 0.15) is 29.8 Å². The summed E-state index contributed by atoms with van der Waals surface area (Å²) < 4.78 is 6.47. The molecule has 8 nitrogen and oxygen atoms in total. The van der Waals surface area contributed by atoms with Crippen LogP contribution in [0.2, 0.25) is 10.0 Å². The number of nitrogens with one attached hydrogen (secondary N) is 3. The van der Waals surface area contributed by atoms with Crippen molar-refractivity contribution < 1.29 is 19.1 Å². The lowest BCUT2D eigenvalue weighted by molar-refractivity contribution is -0.115. The molecule has 46 heavy (non-hydrogen) atoms. The summed E-state index contributed by atoms with van der Waals surface area (Å²) >= 11 is 15.3. The van der Waals surface area contributed by atoms with Gasteiger partial charge in [0.2, 0.25) is 5.91 Å². The van der Waals surface area contributed by atoms with Crippen LogP contribution in [0.4, 0.5) is 10.8 Å². The molecule has 1 atom stereocenters. The van der Waals surface area contributed by atoms with Gasteiger partial charge in [0.25, 0.3) is 11.8 Å². The Hall–Kier alpha value is -4.35. The number of benzene rings is 4. The Kier molecular flexibility index (Phi) is 11.0. The first-order chi connectivity index (χ1) is 22.2. The van der Waals surface area contributed by atoms with E-state index >= 15 is 0 Å². The molecule has 3 N–H and O–H groups in total. The summed E-state index contributed by atoms with van der Waals surface area (Å²) in [7, 11) is 0. The Labute approximate surface area is 284 Å². The molecule has 0 bridgehead atoms. The SMILES string of the molecule is CCOc1ccc2nc(NC(=O)C(C)Sc3cccc(NC(=O)/C(=C\c4cccc(Cl)c4Cl)NC(=O)c4ccccc4)c3)sc2c1. The number of halogens is 2. The van der Waals surface area contributed by atoms with Crippen molar-refractivity contribution in [1.82, 2.24) is 10.3 Å². The number of carbonyl (C=O) groups is 3. The molecule has 0 saturated heterocycles. The first kappa shape index (κ1) is 33.0.